The Bertz CT molecular complexity index is 3180. The molecule has 0 spiro atoms. The van der Waals surface area contributed by atoms with E-state index in [0.717, 1.165) is 22.7 Å². The van der Waals surface area contributed by atoms with Crippen LogP contribution in [0, 0.1) is 0 Å². The third-order valence-electron chi connectivity index (χ3n) is 11.2. The van der Waals surface area contributed by atoms with Crippen molar-refractivity contribution in [1.82, 2.24) is 4.57 Å². The van der Waals surface area contributed by atoms with Crippen LogP contribution in [-0.4, -0.2) is 4.57 Å². The molecular formula is C54H36N2S. The van der Waals surface area contributed by atoms with E-state index in [1.807, 2.05) is 11.3 Å². The van der Waals surface area contributed by atoms with E-state index in [9.17, 15) is 0 Å². The predicted molar refractivity (Wildman–Crippen MR) is 245 cm³/mol. The van der Waals surface area contributed by atoms with Crippen LogP contribution in [-0.2, 0) is 0 Å². The van der Waals surface area contributed by atoms with Crippen LogP contribution in [0.25, 0.3) is 81.0 Å². The Morgan fingerprint density at radius 3 is 1.61 bits per heavy atom. The first-order valence-electron chi connectivity index (χ1n) is 19.4. The molecule has 2 aromatic heterocycles. The highest BCUT2D eigenvalue weighted by molar-refractivity contribution is 7.26. The van der Waals surface area contributed by atoms with E-state index < -0.39 is 0 Å². The van der Waals surface area contributed by atoms with Crippen molar-refractivity contribution in [3.63, 3.8) is 0 Å². The Hall–Kier alpha value is -7.20. The van der Waals surface area contributed by atoms with Crippen molar-refractivity contribution in [3.05, 3.63) is 218 Å². The summed E-state index contributed by atoms with van der Waals surface area (Å²) in [7, 11) is 0. The summed E-state index contributed by atoms with van der Waals surface area (Å²) in [6.45, 7) is 0. The molecule has 11 rings (SSSR count). The van der Waals surface area contributed by atoms with Gasteiger partial charge in [-0.1, -0.05) is 158 Å². The maximum Gasteiger partial charge on any atom is 0.0554 e. The van der Waals surface area contributed by atoms with Gasteiger partial charge < -0.3 is 9.47 Å². The van der Waals surface area contributed by atoms with E-state index in [1.54, 1.807) is 0 Å². The van der Waals surface area contributed by atoms with Crippen molar-refractivity contribution >= 4 is 70.4 Å². The topological polar surface area (TPSA) is 8.17 Å². The lowest BCUT2D eigenvalue weighted by Crippen LogP contribution is -2.10. The molecule has 0 fully saturated rings. The largest absolute Gasteiger partial charge is 0.310 e. The number of para-hydroxylation sites is 3. The van der Waals surface area contributed by atoms with Gasteiger partial charge >= 0.3 is 0 Å². The Kier molecular flexibility index (Phi) is 8.04. The van der Waals surface area contributed by atoms with E-state index in [4.69, 9.17) is 0 Å². The lowest BCUT2D eigenvalue weighted by atomic mass is 9.93. The van der Waals surface area contributed by atoms with Gasteiger partial charge in [0.25, 0.3) is 0 Å². The van der Waals surface area contributed by atoms with Gasteiger partial charge in [-0.25, -0.2) is 0 Å². The molecule has 3 heteroatoms. The number of benzene rings is 9. The lowest BCUT2D eigenvalue weighted by molar-refractivity contribution is 1.18. The van der Waals surface area contributed by atoms with Crippen molar-refractivity contribution in [3.8, 4) is 39.1 Å². The number of aromatic nitrogens is 1. The van der Waals surface area contributed by atoms with Gasteiger partial charge in [-0.15, -0.1) is 11.3 Å². The zero-order chi connectivity index (χ0) is 37.7. The SMILES string of the molecule is c1ccc(-c2ccc(N(c3ccc(-c4ccccc4-n4c5ccccc5c5ccccc54)cc3)c3cccc4sc5ccccc5c34)cc2-c2ccccc2)cc1. The summed E-state index contributed by atoms with van der Waals surface area (Å²) in [4.78, 5) is 2.45. The number of fused-ring (bicyclic) bond motifs is 6. The minimum atomic E-state index is 1.10. The highest BCUT2D eigenvalue weighted by Crippen LogP contribution is 2.47. The number of nitrogens with zero attached hydrogens (tertiary/aromatic N) is 2. The predicted octanol–water partition coefficient (Wildman–Crippen LogP) is 15.6. The van der Waals surface area contributed by atoms with Crippen LogP contribution in [0.2, 0.25) is 0 Å². The van der Waals surface area contributed by atoms with Crippen molar-refractivity contribution in [2.45, 2.75) is 0 Å². The molecule has 0 aliphatic rings. The molecule has 0 aliphatic heterocycles. The second kappa shape index (κ2) is 13.8. The summed E-state index contributed by atoms with van der Waals surface area (Å²) in [5.74, 6) is 0. The standard InChI is InChI=1S/C54H36N2S/c1-3-16-37(17-4-1)42-35-34-41(36-47(42)38-18-5-2-6-19-38)55(51-27-15-29-53-54(51)46-23-10-14-28-52(46)57-53)40-32-30-39(31-33-40)43-20-7-11-24-48(43)56-49-25-12-8-21-44(49)45-22-9-13-26-50(45)56/h1-36H. The Balaban J connectivity index is 1.11. The summed E-state index contributed by atoms with van der Waals surface area (Å²) < 4.78 is 4.99. The molecule has 0 bridgehead atoms. The maximum atomic E-state index is 2.45. The van der Waals surface area contributed by atoms with Crippen molar-refractivity contribution in [2.75, 3.05) is 4.90 Å². The van der Waals surface area contributed by atoms with Crippen molar-refractivity contribution in [1.29, 1.82) is 0 Å². The number of hydrogen-bond donors (Lipinski definition) is 0. The first kappa shape index (κ1) is 33.2. The number of thiophene rings is 1. The first-order chi connectivity index (χ1) is 28.3. The van der Waals surface area contributed by atoms with Crippen LogP contribution in [0.1, 0.15) is 0 Å². The maximum absolute atomic E-state index is 2.45. The quantitative estimate of drug-likeness (QED) is 0.158. The average Bonchev–Trinajstić information content (AvgIpc) is 3.84. The van der Waals surface area contributed by atoms with Crippen LogP contribution in [0.5, 0.6) is 0 Å². The normalized spacial score (nSPS) is 11.5. The molecular weight excluding hydrogens is 709 g/mol. The molecule has 0 saturated heterocycles. The van der Waals surface area contributed by atoms with Gasteiger partial charge in [0, 0.05) is 47.9 Å². The fourth-order valence-corrected chi connectivity index (χ4v) is 9.78. The molecule has 0 unspecified atom stereocenters. The number of rotatable bonds is 7. The van der Waals surface area contributed by atoms with Crippen LogP contribution in [0.15, 0.2) is 218 Å². The molecule has 0 radical (unpaired) electrons. The van der Waals surface area contributed by atoms with Crippen LogP contribution < -0.4 is 4.90 Å². The minimum absolute atomic E-state index is 1.10. The highest BCUT2D eigenvalue weighted by atomic mass is 32.1. The van der Waals surface area contributed by atoms with Gasteiger partial charge in [0.05, 0.1) is 22.4 Å². The molecule has 0 amide bonds. The summed E-state index contributed by atoms with van der Waals surface area (Å²) in [6.07, 6.45) is 0. The van der Waals surface area contributed by atoms with Gasteiger partial charge in [-0.05, 0) is 88.5 Å². The molecule has 0 saturated carbocycles. The second-order valence-corrected chi connectivity index (χ2v) is 15.6. The van der Waals surface area contributed by atoms with Gasteiger partial charge in [0.15, 0.2) is 0 Å². The van der Waals surface area contributed by atoms with Gasteiger partial charge in [-0.3, -0.25) is 0 Å². The molecule has 2 heterocycles. The fourth-order valence-electron chi connectivity index (χ4n) is 8.65. The minimum Gasteiger partial charge on any atom is -0.310 e. The summed E-state index contributed by atoms with van der Waals surface area (Å²) in [5.41, 5.74) is 14.1. The number of hydrogen-bond acceptors (Lipinski definition) is 2. The smallest absolute Gasteiger partial charge is 0.0554 e. The zero-order valence-corrected chi connectivity index (χ0v) is 31.9. The first-order valence-corrected chi connectivity index (χ1v) is 20.3. The number of anilines is 3. The Labute approximate surface area is 335 Å². The molecule has 268 valence electrons. The monoisotopic (exact) mass is 744 g/mol. The van der Waals surface area contributed by atoms with Gasteiger partial charge in [0.1, 0.15) is 0 Å². The van der Waals surface area contributed by atoms with E-state index in [1.165, 1.54) is 75.4 Å². The Morgan fingerprint density at radius 1 is 0.351 bits per heavy atom. The van der Waals surface area contributed by atoms with E-state index in [0.29, 0.717) is 0 Å². The third kappa shape index (κ3) is 5.63. The van der Waals surface area contributed by atoms with Crippen molar-refractivity contribution in [2.24, 2.45) is 0 Å². The summed E-state index contributed by atoms with van der Waals surface area (Å²) in [5, 5.41) is 5.07. The van der Waals surface area contributed by atoms with E-state index in [-0.39, 0.29) is 0 Å². The second-order valence-electron chi connectivity index (χ2n) is 14.5. The molecule has 0 N–H and O–H groups in total. The van der Waals surface area contributed by atoms with E-state index >= 15 is 0 Å². The molecule has 2 nitrogen and oxygen atoms in total. The molecule has 0 atom stereocenters. The fraction of sp³-hybridized carbons (Fsp3) is 0. The van der Waals surface area contributed by atoms with Gasteiger partial charge in [0.2, 0.25) is 0 Å². The summed E-state index contributed by atoms with van der Waals surface area (Å²) in [6, 6.07) is 79.4. The van der Waals surface area contributed by atoms with E-state index in [2.05, 4.69) is 228 Å². The summed E-state index contributed by atoms with van der Waals surface area (Å²) >= 11 is 1.86. The molecule has 9 aromatic carbocycles. The van der Waals surface area contributed by atoms with Crippen molar-refractivity contribution < 1.29 is 0 Å². The zero-order valence-electron chi connectivity index (χ0n) is 31.1. The Morgan fingerprint density at radius 2 is 0.895 bits per heavy atom. The third-order valence-corrected chi connectivity index (χ3v) is 12.3. The van der Waals surface area contributed by atoms with Crippen LogP contribution in [0.4, 0.5) is 17.1 Å². The molecule has 11 aromatic rings. The van der Waals surface area contributed by atoms with Gasteiger partial charge in [-0.2, -0.15) is 0 Å². The lowest BCUT2D eigenvalue weighted by Gasteiger charge is -2.28. The molecule has 57 heavy (non-hydrogen) atoms. The van der Waals surface area contributed by atoms with Crippen LogP contribution in [0.3, 0.4) is 0 Å². The molecule has 0 aliphatic carbocycles. The average molecular weight is 745 g/mol. The highest BCUT2D eigenvalue weighted by Gasteiger charge is 2.21. The van der Waals surface area contributed by atoms with Crippen LogP contribution >= 0.6 is 11.3 Å².